The molecule has 36 heavy (non-hydrogen) atoms. The van der Waals surface area contributed by atoms with Gasteiger partial charge in [0, 0.05) is 56.3 Å². The molecule has 2 aromatic carbocycles. The van der Waals surface area contributed by atoms with E-state index in [-0.39, 0.29) is 23.7 Å². The summed E-state index contributed by atoms with van der Waals surface area (Å²) in [7, 11) is 0. The summed E-state index contributed by atoms with van der Waals surface area (Å²) in [4.78, 5) is 44.4. The topological polar surface area (TPSA) is 70.2 Å². The normalized spacial score (nSPS) is 21.8. The third-order valence-corrected chi connectivity index (χ3v) is 8.02. The van der Waals surface area contributed by atoms with E-state index in [0.717, 1.165) is 43.0 Å². The molecule has 3 aliphatic heterocycles. The lowest BCUT2D eigenvalue weighted by Gasteiger charge is -2.37. The van der Waals surface area contributed by atoms with Gasteiger partial charge in [-0.05, 0) is 37.6 Å². The van der Waals surface area contributed by atoms with Gasteiger partial charge in [0.1, 0.15) is 0 Å². The molecule has 0 unspecified atom stereocenters. The van der Waals surface area contributed by atoms with Crippen molar-refractivity contribution in [2.75, 3.05) is 44.2 Å². The Kier molecular flexibility index (Phi) is 6.05. The predicted molar refractivity (Wildman–Crippen MR) is 138 cm³/mol. The van der Waals surface area contributed by atoms with Crippen LogP contribution in [0.5, 0.6) is 0 Å². The number of hydrogen-bond donors (Lipinski definition) is 0. The molecule has 1 spiro atoms. The smallest absolute Gasteiger partial charge is 0.339 e. The number of hydrogen-bond acceptors (Lipinski definition) is 5. The molecule has 7 heteroatoms. The number of carbonyl (C=O) groups excluding carboxylic acids is 3. The third kappa shape index (κ3) is 4.04. The minimum Gasteiger partial charge on any atom is -0.449 e. The highest BCUT2D eigenvalue weighted by Gasteiger charge is 2.52. The zero-order valence-corrected chi connectivity index (χ0v) is 21.6. The highest BCUT2D eigenvalue weighted by Crippen LogP contribution is 2.44. The Morgan fingerprint density at radius 3 is 2.25 bits per heavy atom. The van der Waals surface area contributed by atoms with Gasteiger partial charge in [-0.15, -0.1) is 0 Å². The number of benzene rings is 2. The van der Waals surface area contributed by atoms with Crippen molar-refractivity contribution in [2.45, 2.75) is 45.1 Å². The first-order valence-corrected chi connectivity index (χ1v) is 12.9. The van der Waals surface area contributed by atoms with Crippen LogP contribution in [0.4, 0.5) is 5.69 Å². The summed E-state index contributed by atoms with van der Waals surface area (Å²) in [6, 6.07) is 15.7. The lowest BCUT2D eigenvalue weighted by molar-refractivity contribution is -0.136. The fourth-order valence-corrected chi connectivity index (χ4v) is 5.76. The van der Waals surface area contributed by atoms with Crippen LogP contribution in [-0.2, 0) is 25.3 Å². The second-order valence-electron chi connectivity index (χ2n) is 11.0. The van der Waals surface area contributed by atoms with Crippen molar-refractivity contribution in [3.63, 3.8) is 0 Å². The number of rotatable bonds is 4. The van der Waals surface area contributed by atoms with Crippen molar-refractivity contribution in [2.24, 2.45) is 5.92 Å². The number of likely N-dealkylation sites (tertiary alicyclic amines) is 1. The van der Waals surface area contributed by atoms with E-state index in [0.29, 0.717) is 25.1 Å². The van der Waals surface area contributed by atoms with Gasteiger partial charge in [0.2, 0.25) is 11.8 Å². The van der Waals surface area contributed by atoms with Gasteiger partial charge in [0.15, 0.2) is 5.60 Å². The summed E-state index contributed by atoms with van der Waals surface area (Å²) in [5, 5.41) is 0. The maximum atomic E-state index is 13.7. The van der Waals surface area contributed by atoms with Crippen molar-refractivity contribution in [1.82, 2.24) is 9.80 Å². The molecule has 0 saturated carbocycles. The predicted octanol–water partition coefficient (Wildman–Crippen LogP) is 3.57. The largest absolute Gasteiger partial charge is 0.449 e. The molecule has 0 radical (unpaired) electrons. The molecule has 1 atom stereocenters. The molecule has 0 bridgehead atoms. The highest BCUT2D eigenvalue weighted by molar-refractivity contribution is 5.95. The Balaban J connectivity index is 1.26. The van der Waals surface area contributed by atoms with Crippen molar-refractivity contribution in [3.05, 3.63) is 65.2 Å². The summed E-state index contributed by atoms with van der Waals surface area (Å²) >= 11 is 0. The molecule has 2 aromatic rings. The first-order chi connectivity index (χ1) is 17.1. The summed E-state index contributed by atoms with van der Waals surface area (Å²) in [6.45, 7) is 11.8. The van der Waals surface area contributed by atoms with Gasteiger partial charge in [0.05, 0.1) is 17.5 Å². The Bertz CT molecular complexity index is 1180. The average molecular weight is 490 g/mol. The molecule has 3 heterocycles. The van der Waals surface area contributed by atoms with E-state index in [1.165, 1.54) is 0 Å². The summed E-state index contributed by atoms with van der Waals surface area (Å²) < 4.78 is 5.83. The van der Waals surface area contributed by atoms with Gasteiger partial charge in [-0.2, -0.15) is 0 Å². The maximum absolute atomic E-state index is 13.7. The number of carbonyl (C=O) groups is 3. The minimum atomic E-state index is -0.734. The van der Waals surface area contributed by atoms with Crippen LogP contribution in [0.2, 0.25) is 0 Å². The summed E-state index contributed by atoms with van der Waals surface area (Å²) in [5.74, 6) is -0.0288. The van der Waals surface area contributed by atoms with Crippen LogP contribution in [0.25, 0.3) is 0 Å². The third-order valence-electron chi connectivity index (χ3n) is 8.02. The number of anilines is 1. The number of ether oxygens (including phenoxy) is 1. The number of fused-ring (bicyclic) bond motifs is 2. The van der Waals surface area contributed by atoms with E-state index in [1.54, 1.807) is 6.07 Å². The van der Waals surface area contributed by atoms with Crippen LogP contribution in [0, 0.1) is 5.92 Å². The molecular formula is C29H35N3O4. The first-order valence-electron chi connectivity index (χ1n) is 12.9. The molecule has 7 nitrogen and oxygen atoms in total. The fourth-order valence-electron chi connectivity index (χ4n) is 5.76. The standard InChI is InChI=1S/C29H35N3O4/c1-20(2)25(33)31-17-15-30(16-18-31)22-11-9-21(10-12-22)28(3,4)27(35)32-14-13-29(19-32)24-8-6-5-7-23(24)26(34)36-29/h5-12,20H,13-19H2,1-4H3/t29-/m0/s1. The molecule has 0 N–H and O–H groups in total. The zero-order valence-electron chi connectivity index (χ0n) is 21.6. The molecule has 2 fully saturated rings. The number of amides is 2. The van der Waals surface area contributed by atoms with Crippen molar-refractivity contribution in [3.8, 4) is 0 Å². The molecule has 0 aliphatic carbocycles. The van der Waals surface area contributed by atoms with E-state index < -0.39 is 11.0 Å². The van der Waals surface area contributed by atoms with Gasteiger partial charge in [-0.1, -0.05) is 44.2 Å². The molecule has 2 saturated heterocycles. The Morgan fingerprint density at radius 2 is 1.58 bits per heavy atom. The van der Waals surface area contributed by atoms with Gasteiger partial charge in [-0.25, -0.2) is 4.79 Å². The van der Waals surface area contributed by atoms with Crippen LogP contribution in [0.1, 0.15) is 55.6 Å². The lowest BCUT2D eigenvalue weighted by Crippen LogP contribution is -2.50. The fraction of sp³-hybridized carbons (Fsp3) is 0.483. The number of esters is 1. The molecule has 0 aromatic heterocycles. The summed E-state index contributed by atoms with van der Waals surface area (Å²) in [5.41, 5.74) is 2.11. The van der Waals surface area contributed by atoms with Gasteiger partial charge >= 0.3 is 5.97 Å². The highest BCUT2D eigenvalue weighted by atomic mass is 16.6. The number of nitrogens with zero attached hydrogens (tertiary/aromatic N) is 3. The Morgan fingerprint density at radius 1 is 0.917 bits per heavy atom. The van der Waals surface area contributed by atoms with Crippen LogP contribution >= 0.6 is 0 Å². The summed E-state index contributed by atoms with van der Waals surface area (Å²) in [6.07, 6.45) is 0.613. The quantitative estimate of drug-likeness (QED) is 0.614. The van der Waals surface area contributed by atoms with Gasteiger partial charge < -0.3 is 19.4 Å². The van der Waals surface area contributed by atoms with Gasteiger partial charge in [0.25, 0.3) is 0 Å². The number of piperazine rings is 1. The minimum absolute atomic E-state index is 0.0246. The van der Waals surface area contributed by atoms with Crippen LogP contribution in [-0.4, -0.2) is 66.9 Å². The SMILES string of the molecule is CC(C)C(=O)N1CCN(c2ccc(C(C)(C)C(=O)N3CC[C@@]4(C3)OC(=O)c3ccccc34)cc2)CC1. The average Bonchev–Trinajstić information content (AvgIpc) is 3.44. The lowest BCUT2D eigenvalue weighted by atomic mass is 9.83. The second kappa shape index (κ2) is 8.95. The molecule has 5 rings (SSSR count). The van der Waals surface area contributed by atoms with Crippen molar-refractivity contribution < 1.29 is 19.1 Å². The van der Waals surface area contributed by atoms with Crippen molar-refractivity contribution in [1.29, 1.82) is 0 Å². The van der Waals surface area contributed by atoms with E-state index in [2.05, 4.69) is 17.0 Å². The maximum Gasteiger partial charge on any atom is 0.339 e. The Hall–Kier alpha value is -3.35. The van der Waals surface area contributed by atoms with E-state index in [4.69, 9.17) is 4.74 Å². The van der Waals surface area contributed by atoms with E-state index in [1.807, 2.05) is 67.8 Å². The monoisotopic (exact) mass is 489 g/mol. The van der Waals surface area contributed by atoms with E-state index >= 15 is 0 Å². The second-order valence-corrected chi connectivity index (χ2v) is 11.0. The van der Waals surface area contributed by atoms with Crippen LogP contribution in [0.3, 0.4) is 0 Å². The molecular weight excluding hydrogens is 454 g/mol. The van der Waals surface area contributed by atoms with E-state index in [9.17, 15) is 14.4 Å². The molecule has 190 valence electrons. The van der Waals surface area contributed by atoms with Crippen LogP contribution < -0.4 is 4.90 Å². The first kappa shape index (κ1) is 24.3. The molecule has 2 amide bonds. The molecule has 3 aliphatic rings. The van der Waals surface area contributed by atoms with Gasteiger partial charge in [-0.3, -0.25) is 9.59 Å². The zero-order chi connectivity index (χ0) is 25.7. The Labute approximate surface area is 213 Å². The van der Waals surface area contributed by atoms with Crippen molar-refractivity contribution >= 4 is 23.5 Å². The van der Waals surface area contributed by atoms with Crippen LogP contribution in [0.15, 0.2) is 48.5 Å².